The molecule has 0 aromatic heterocycles. The molecule has 0 atom stereocenters. The quantitative estimate of drug-likeness (QED) is 0.312. The number of nitrogens with zero attached hydrogens (tertiary/aromatic N) is 5. The van der Waals surface area contributed by atoms with E-state index in [2.05, 4.69) is 11.8 Å². The lowest BCUT2D eigenvalue weighted by atomic mass is 9.85. The van der Waals surface area contributed by atoms with Crippen LogP contribution in [0, 0.1) is 16.0 Å². The highest BCUT2D eigenvalue weighted by Gasteiger charge is 2.54. The molecule has 3 amide bonds. The maximum Gasteiger partial charge on any atom is 0.269 e. The molecule has 0 bridgehead atoms. The first-order chi connectivity index (χ1) is 19.3. The van der Waals surface area contributed by atoms with Gasteiger partial charge in [0, 0.05) is 50.1 Å². The van der Waals surface area contributed by atoms with Crippen molar-refractivity contribution in [1.82, 2.24) is 14.7 Å². The van der Waals surface area contributed by atoms with E-state index in [4.69, 9.17) is 0 Å². The van der Waals surface area contributed by atoms with Gasteiger partial charge in [-0.25, -0.2) is 0 Å². The Morgan fingerprint density at radius 3 is 2.25 bits per heavy atom. The topological polar surface area (TPSA) is 107 Å². The van der Waals surface area contributed by atoms with Gasteiger partial charge in [0.05, 0.1) is 11.6 Å². The van der Waals surface area contributed by atoms with Crippen LogP contribution in [0.25, 0.3) is 6.08 Å². The fourth-order valence-corrected chi connectivity index (χ4v) is 5.92. The number of hydrogen-bond donors (Lipinski definition) is 0. The number of likely N-dealkylation sites (tertiary alicyclic amines) is 2. The van der Waals surface area contributed by atoms with Gasteiger partial charge < -0.3 is 19.6 Å². The monoisotopic (exact) mass is 545 g/mol. The minimum absolute atomic E-state index is 0.00437. The van der Waals surface area contributed by atoms with Crippen molar-refractivity contribution in [2.24, 2.45) is 5.92 Å². The molecule has 10 nitrogen and oxygen atoms in total. The molecular weight excluding hydrogens is 510 g/mol. The van der Waals surface area contributed by atoms with Gasteiger partial charge >= 0.3 is 0 Å². The van der Waals surface area contributed by atoms with Crippen LogP contribution >= 0.6 is 0 Å². The van der Waals surface area contributed by atoms with E-state index < -0.39 is 10.5 Å². The number of non-ortho nitro benzene ring substituents is 1. The Kier molecular flexibility index (Phi) is 7.86. The summed E-state index contributed by atoms with van der Waals surface area (Å²) >= 11 is 0. The molecule has 3 heterocycles. The molecule has 10 heteroatoms. The number of carbonyl (C=O) groups is 3. The lowest BCUT2D eigenvalue weighted by molar-refractivity contribution is -0.384. The molecule has 2 aromatic rings. The van der Waals surface area contributed by atoms with E-state index in [0.29, 0.717) is 44.1 Å². The van der Waals surface area contributed by atoms with Crippen LogP contribution in [0.4, 0.5) is 11.4 Å². The molecule has 0 N–H and O–H groups in total. The van der Waals surface area contributed by atoms with Crippen LogP contribution in [0.1, 0.15) is 38.2 Å². The zero-order valence-electron chi connectivity index (χ0n) is 22.8. The normalized spacial score (nSPS) is 19.6. The van der Waals surface area contributed by atoms with E-state index in [-0.39, 0.29) is 30.0 Å². The van der Waals surface area contributed by atoms with E-state index in [1.807, 2.05) is 35.2 Å². The second kappa shape index (κ2) is 11.5. The summed E-state index contributed by atoms with van der Waals surface area (Å²) in [6.45, 7) is 4.90. The summed E-state index contributed by atoms with van der Waals surface area (Å²) in [7, 11) is 0. The van der Waals surface area contributed by atoms with Crippen molar-refractivity contribution in [3.05, 3.63) is 76.4 Å². The number of carbonyl (C=O) groups excluding carboxylic acids is 3. The number of hydrogen-bond acceptors (Lipinski definition) is 6. The molecule has 3 saturated heterocycles. The molecule has 0 radical (unpaired) electrons. The minimum Gasteiger partial charge on any atom is -0.341 e. The highest BCUT2D eigenvalue weighted by atomic mass is 16.6. The number of para-hydroxylation sites is 1. The van der Waals surface area contributed by atoms with Crippen LogP contribution in [-0.4, -0.2) is 82.3 Å². The molecule has 0 unspecified atom stereocenters. The van der Waals surface area contributed by atoms with Gasteiger partial charge in [-0.05, 0) is 67.5 Å². The number of nitro benzene ring substituents is 1. The Morgan fingerprint density at radius 1 is 0.975 bits per heavy atom. The average molecular weight is 546 g/mol. The molecule has 2 aromatic carbocycles. The van der Waals surface area contributed by atoms with Gasteiger partial charge in [-0.3, -0.25) is 24.5 Å². The highest BCUT2D eigenvalue weighted by molar-refractivity contribution is 5.97. The zero-order valence-corrected chi connectivity index (χ0v) is 22.8. The molecule has 3 aliphatic heterocycles. The summed E-state index contributed by atoms with van der Waals surface area (Å²) in [6, 6.07) is 15.8. The maximum atomic E-state index is 13.9. The third-order valence-electron chi connectivity index (χ3n) is 8.47. The molecule has 40 heavy (non-hydrogen) atoms. The highest BCUT2D eigenvalue weighted by Crippen LogP contribution is 2.39. The Balaban J connectivity index is 1.27. The van der Waals surface area contributed by atoms with E-state index >= 15 is 0 Å². The Labute approximate surface area is 234 Å². The van der Waals surface area contributed by atoms with E-state index in [9.17, 15) is 24.5 Å². The van der Waals surface area contributed by atoms with Crippen molar-refractivity contribution < 1.29 is 19.3 Å². The van der Waals surface area contributed by atoms with Gasteiger partial charge in [0.2, 0.25) is 11.8 Å². The van der Waals surface area contributed by atoms with Gasteiger partial charge in [0.25, 0.3) is 11.6 Å². The molecule has 0 saturated carbocycles. The zero-order chi connectivity index (χ0) is 28.3. The number of nitro groups is 1. The first-order valence-electron chi connectivity index (χ1n) is 13.9. The predicted octanol–water partition coefficient (Wildman–Crippen LogP) is 3.53. The molecule has 3 fully saturated rings. The summed E-state index contributed by atoms with van der Waals surface area (Å²) in [4.78, 5) is 57.8. The lowest BCUT2D eigenvalue weighted by Crippen LogP contribution is -2.57. The Hall–Kier alpha value is -4.21. The standard InChI is InChI=1S/C30H35N5O5/c1-23-13-17-31(18-14-23)28(37)21-33-22-34(25-5-3-2-4-6-25)30(29(33)38)15-19-32(20-16-30)27(36)12-9-24-7-10-26(11-8-24)35(39)40/h2-12,23H,13-22H2,1H3/b12-9+. The van der Waals surface area contributed by atoms with Crippen molar-refractivity contribution >= 4 is 35.2 Å². The lowest BCUT2D eigenvalue weighted by Gasteiger charge is -2.43. The van der Waals surface area contributed by atoms with Gasteiger partial charge in [-0.15, -0.1) is 0 Å². The molecule has 1 spiro atoms. The van der Waals surface area contributed by atoms with Crippen LogP contribution in [0.3, 0.4) is 0 Å². The van der Waals surface area contributed by atoms with Gasteiger partial charge in [0.15, 0.2) is 0 Å². The van der Waals surface area contributed by atoms with Crippen LogP contribution in [0.5, 0.6) is 0 Å². The molecular formula is C30H35N5O5. The Morgan fingerprint density at radius 2 is 1.62 bits per heavy atom. The number of piperidine rings is 2. The second-order valence-corrected chi connectivity index (χ2v) is 11.0. The summed E-state index contributed by atoms with van der Waals surface area (Å²) in [5.41, 5.74) is 0.805. The number of benzene rings is 2. The van der Waals surface area contributed by atoms with Crippen molar-refractivity contribution in [3.8, 4) is 0 Å². The maximum absolute atomic E-state index is 13.9. The summed E-state index contributed by atoms with van der Waals surface area (Å²) < 4.78 is 0. The van der Waals surface area contributed by atoms with Gasteiger partial charge in [-0.1, -0.05) is 25.1 Å². The van der Waals surface area contributed by atoms with Crippen molar-refractivity contribution in [1.29, 1.82) is 0 Å². The van der Waals surface area contributed by atoms with Crippen LogP contribution in [0.15, 0.2) is 60.7 Å². The minimum atomic E-state index is -0.809. The van der Waals surface area contributed by atoms with E-state index in [1.165, 1.54) is 18.2 Å². The smallest absolute Gasteiger partial charge is 0.269 e. The first-order valence-corrected chi connectivity index (χ1v) is 13.9. The second-order valence-electron chi connectivity index (χ2n) is 11.0. The van der Waals surface area contributed by atoms with Gasteiger partial charge in [0.1, 0.15) is 12.1 Å². The summed E-state index contributed by atoms with van der Waals surface area (Å²) in [5.74, 6) is 0.389. The van der Waals surface area contributed by atoms with Crippen LogP contribution in [-0.2, 0) is 14.4 Å². The van der Waals surface area contributed by atoms with E-state index in [0.717, 1.165) is 31.6 Å². The SMILES string of the molecule is CC1CCN(C(=O)CN2CN(c3ccccc3)C3(CCN(C(=O)/C=C/c4ccc([N+](=O)[O-])cc4)CC3)C2=O)CC1. The summed E-state index contributed by atoms with van der Waals surface area (Å²) in [6.07, 6.45) is 6.01. The number of amides is 3. The molecule has 5 rings (SSSR count). The predicted molar refractivity (Wildman–Crippen MR) is 151 cm³/mol. The number of anilines is 1. The van der Waals surface area contributed by atoms with E-state index in [1.54, 1.807) is 28.0 Å². The van der Waals surface area contributed by atoms with Crippen LogP contribution < -0.4 is 4.90 Å². The van der Waals surface area contributed by atoms with Gasteiger partial charge in [-0.2, -0.15) is 0 Å². The number of rotatable bonds is 6. The van der Waals surface area contributed by atoms with Crippen molar-refractivity contribution in [2.75, 3.05) is 44.3 Å². The Bertz CT molecular complexity index is 1280. The average Bonchev–Trinajstić information content (AvgIpc) is 3.23. The third kappa shape index (κ3) is 5.57. The first kappa shape index (κ1) is 27.4. The van der Waals surface area contributed by atoms with Crippen LogP contribution in [0.2, 0.25) is 0 Å². The molecule has 210 valence electrons. The van der Waals surface area contributed by atoms with Crippen molar-refractivity contribution in [3.63, 3.8) is 0 Å². The van der Waals surface area contributed by atoms with Crippen molar-refractivity contribution in [2.45, 2.75) is 38.1 Å². The fourth-order valence-electron chi connectivity index (χ4n) is 5.92. The third-order valence-corrected chi connectivity index (χ3v) is 8.47. The largest absolute Gasteiger partial charge is 0.341 e. The summed E-state index contributed by atoms with van der Waals surface area (Å²) in [5, 5.41) is 10.9. The molecule has 3 aliphatic rings. The fraction of sp³-hybridized carbons (Fsp3) is 0.433. The molecule has 0 aliphatic carbocycles.